The number of hydrogen-bond acceptors (Lipinski definition) is 3. The molecule has 0 unspecified atom stereocenters. The predicted octanol–water partition coefficient (Wildman–Crippen LogP) is 4.14. The fraction of sp³-hybridized carbons (Fsp3) is 0.143. The average molecular weight is 343 g/mol. The van der Waals surface area contributed by atoms with Crippen LogP contribution in [-0.4, -0.2) is 13.2 Å². The molecule has 2 aromatic rings. The van der Waals surface area contributed by atoms with E-state index < -0.39 is 0 Å². The van der Waals surface area contributed by atoms with Crippen molar-refractivity contribution >= 4 is 33.2 Å². The molecule has 0 atom stereocenters. The Bertz CT molecular complexity index is 563. The minimum Gasteiger partial charge on any atom is -0.488 e. The molecule has 0 spiro atoms. The van der Waals surface area contributed by atoms with Crippen LogP contribution < -0.4 is 15.2 Å². The van der Waals surface area contributed by atoms with Gasteiger partial charge in [-0.15, -0.1) is 0 Å². The molecule has 0 saturated carbocycles. The Kier molecular flexibility index (Phi) is 4.93. The molecule has 100 valence electrons. The smallest absolute Gasteiger partial charge is 0.142 e. The van der Waals surface area contributed by atoms with Crippen LogP contribution in [0.25, 0.3) is 0 Å². The number of anilines is 1. The maximum atomic E-state index is 6.03. The molecule has 0 heterocycles. The molecule has 2 rings (SSSR count). The third kappa shape index (κ3) is 4.04. The second kappa shape index (κ2) is 6.68. The number of rotatable bonds is 5. The zero-order chi connectivity index (χ0) is 13.7. The summed E-state index contributed by atoms with van der Waals surface area (Å²) in [6.45, 7) is 0.802. The van der Waals surface area contributed by atoms with Gasteiger partial charge in [-0.3, -0.25) is 0 Å². The minimum atomic E-state index is 0.398. The van der Waals surface area contributed by atoms with Gasteiger partial charge in [-0.05, 0) is 30.3 Å². The van der Waals surface area contributed by atoms with Crippen molar-refractivity contribution in [1.29, 1.82) is 0 Å². The largest absolute Gasteiger partial charge is 0.488 e. The zero-order valence-electron chi connectivity index (χ0n) is 10.1. The molecule has 0 aromatic heterocycles. The van der Waals surface area contributed by atoms with Crippen molar-refractivity contribution in [1.82, 2.24) is 0 Å². The summed E-state index contributed by atoms with van der Waals surface area (Å²) in [6, 6.07) is 12.8. The maximum Gasteiger partial charge on any atom is 0.142 e. The first-order valence-corrected chi connectivity index (χ1v) is 6.89. The number of hydrogen-bond donors (Lipinski definition) is 1. The Hall–Kier alpha value is -1.39. The Morgan fingerprint density at radius 2 is 1.68 bits per heavy atom. The van der Waals surface area contributed by atoms with E-state index in [1.54, 1.807) is 12.1 Å². The van der Waals surface area contributed by atoms with Gasteiger partial charge >= 0.3 is 0 Å². The summed E-state index contributed by atoms with van der Waals surface area (Å²) >= 11 is 9.37. The molecule has 0 aliphatic rings. The molecule has 3 nitrogen and oxygen atoms in total. The SMILES string of the molecule is Nc1ccccc1OCCOc1ccc(Br)cc1Cl. The van der Waals surface area contributed by atoms with Crippen molar-refractivity contribution in [2.45, 2.75) is 0 Å². The fourth-order valence-electron chi connectivity index (χ4n) is 1.51. The molecule has 5 heteroatoms. The number of nitrogens with two attached hydrogens (primary N) is 1. The van der Waals surface area contributed by atoms with Gasteiger partial charge in [-0.2, -0.15) is 0 Å². The molecule has 0 aliphatic carbocycles. The molecular weight excluding hydrogens is 330 g/mol. The van der Waals surface area contributed by atoms with Crippen LogP contribution in [0.2, 0.25) is 5.02 Å². The summed E-state index contributed by atoms with van der Waals surface area (Å²) in [5, 5.41) is 0.564. The Morgan fingerprint density at radius 1 is 1.00 bits per heavy atom. The molecule has 0 saturated heterocycles. The summed E-state index contributed by atoms with van der Waals surface area (Å²) in [6.07, 6.45) is 0. The highest BCUT2D eigenvalue weighted by molar-refractivity contribution is 9.10. The monoisotopic (exact) mass is 341 g/mol. The van der Waals surface area contributed by atoms with Gasteiger partial charge in [0.25, 0.3) is 0 Å². The van der Waals surface area contributed by atoms with Crippen LogP contribution in [0, 0.1) is 0 Å². The average Bonchev–Trinajstić information content (AvgIpc) is 2.38. The normalized spacial score (nSPS) is 10.2. The standard InChI is InChI=1S/C14H13BrClNO2/c15-10-5-6-13(11(16)9-10)18-7-8-19-14-4-2-1-3-12(14)17/h1-6,9H,7-8,17H2. The fourth-order valence-corrected chi connectivity index (χ4v) is 2.24. The lowest BCUT2D eigenvalue weighted by Gasteiger charge is -2.10. The highest BCUT2D eigenvalue weighted by atomic mass is 79.9. The maximum absolute atomic E-state index is 6.03. The lowest BCUT2D eigenvalue weighted by Crippen LogP contribution is -2.10. The van der Waals surface area contributed by atoms with E-state index in [1.165, 1.54) is 0 Å². The van der Waals surface area contributed by atoms with E-state index in [0.717, 1.165) is 4.47 Å². The first-order chi connectivity index (χ1) is 9.16. The minimum absolute atomic E-state index is 0.398. The van der Waals surface area contributed by atoms with Gasteiger partial charge < -0.3 is 15.2 Å². The number of para-hydroxylation sites is 2. The number of halogens is 2. The lowest BCUT2D eigenvalue weighted by molar-refractivity contribution is 0.218. The van der Waals surface area contributed by atoms with Gasteiger partial charge in [-0.25, -0.2) is 0 Å². The first kappa shape index (κ1) is 14.0. The highest BCUT2D eigenvalue weighted by Gasteiger charge is 2.03. The summed E-state index contributed by atoms with van der Waals surface area (Å²) < 4.78 is 12.0. The molecule has 0 fully saturated rings. The van der Waals surface area contributed by atoms with Crippen LogP contribution >= 0.6 is 27.5 Å². The van der Waals surface area contributed by atoms with E-state index in [4.69, 9.17) is 26.8 Å². The third-order valence-electron chi connectivity index (χ3n) is 2.41. The topological polar surface area (TPSA) is 44.5 Å². The number of benzene rings is 2. The molecule has 2 N–H and O–H groups in total. The van der Waals surface area contributed by atoms with Crippen LogP contribution in [0.15, 0.2) is 46.9 Å². The van der Waals surface area contributed by atoms with Crippen LogP contribution in [0.3, 0.4) is 0 Å². The van der Waals surface area contributed by atoms with Crippen molar-refractivity contribution in [3.63, 3.8) is 0 Å². The first-order valence-electron chi connectivity index (χ1n) is 5.72. The summed E-state index contributed by atoms with van der Waals surface area (Å²) in [5.41, 5.74) is 6.38. The summed E-state index contributed by atoms with van der Waals surface area (Å²) in [5.74, 6) is 1.29. The molecular formula is C14H13BrClNO2. The molecule has 2 aromatic carbocycles. The summed E-state index contributed by atoms with van der Waals surface area (Å²) in [4.78, 5) is 0. The summed E-state index contributed by atoms with van der Waals surface area (Å²) in [7, 11) is 0. The molecule has 0 aliphatic heterocycles. The van der Waals surface area contributed by atoms with Crippen molar-refractivity contribution in [3.05, 3.63) is 52.0 Å². The molecule has 19 heavy (non-hydrogen) atoms. The zero-order valence-corrected chi connectivity index (χ0v) is 12.4. The van der Waals surface area contributed by atoms with Crippen LogP contribution in [0.5, 0.6) is 11.5 Å². The lowest BCUT2D eigenvalue weighted by atomic mass is 10.3. The van der Waals surface area contributed by atoms with Crippen LogP contribution in [-0.2, 0) is 0 Å². The van der Waals surface area contributed by atoms with Gasteiger partial charge in [0.05, 0.1) is 10.7 Å². The van der Waals surface area contributed by atoms with Gasteiger partial charge in [-0.1, -0.05) is 39.7 Å². The van der Waals surface area contributed by atoms with Gasteiger partial charge in [0, 0.05) is 4.47 Å². The number of nitrogen functional groups attached to an aromatic ring is 1. The molecule has 0 radical (unpaired) electrons. The molecule has 0 amide bonds. The third-order valence-corrected chi connectivity index (χ3v) is 3.20. The van der Waals surface area contributed by atoms with Gasteiger partial charge in [0.1, 0.15) is 24.7 Å². The van der Waals surface area contributed by atoms with Gasteiger partial charge in [0.2, 0.25) is 0 Å². The van der Waals surface area contributed by atoms with Crippen molar-refractivity contribution in [2.75, 3.05) is 18.9 Å². The second-order valence-corrected chi connectivity index (χ2v) is 5.13. The van der Waals surface area contributed by atoms with Crippen molar-refractivity contribution in [2.24, 2.45) is 0 Å². The van der Waals surface area contributed by atoms with Crippen LogP contribution in [0.1, 0.15) is 0 Å². The number of ether oxygens (including phenoxy) is 2. The quantitative estimate of drug-likeness (QED) is 0.656. The Labute approximate surface area is 125 Å². The van der Waals surface area contributed by atoms with E-state index >= 15 is 0 Å². The van der Waals surface area contributed by atoms with Crippen LogP contribution in [0.4, 0.5) is 5.69 Å². The van der Waals surface area contributed by atoms with E-state index in [-0.39, 0.29) is 0 Å². The predicted molar refractivity (Wildman–Crippen MR) is 81.0 cm³/mol. The molecule has 0 bridgehead atoms. The van der Waals surface area contributed by atoms with Crippen molar-refractivity contribution < 1.29 is 9.47 Å². The Balaban J connectivity index is 1.83. The van der Waals surface area contributed by atoms with Gasteiger partial charge in [0.15, 0.2) is 0 Å². The van der Waals surface area contributed by atoms with E-state index in [2.05, 4.69) is 15.9 Å². The van der Waals surface area contributed by atoms with E-state index in [1.807, 2.05) is 30.3 Å². The van der Waals surface area contributed by atoms with E-state index in [9.17, 15) is 0 Å². The van der Waals surface area contributed by atoms with E-state index in [0.29, 0.717) is 35.4 Å². The Morgan fingerprint density at radius 3 is 2.37 bits per heavy atom. The highest BCUT2D eigenvalue weighted by Crippen LogP contribution is 2.27. The second-order valence-electron chi connectivity index (χ2n) is 3.81. The van der Waals surface area contributed by atoms with Crippen molar-refractivity contribution in [3.8, 4) is 11.5 Å².